The maximum atomic E-state index is 14.4. The number of carbonyl (C=O) groups excluding carboxylic acids is 1. The van der Waals surface area contributed by atoms with Crippen LogP contribution in [0.3, 0.4) is 0 Å². The van der Waals surface area contributed by atoms with Gasteiger partial charge in [0.15, 0.2) is 0 Å². The third kappa shape index (κ3) is 4.60. The van der Waals surface area contributed by atoms with Crippen molar-refractivity contribution in [1.82, 2.24) is 9.55 Å². The first-order valence-corrected chi connectivity index (χ1v) is 9.90. The predicted octanol–water partition coefficient (Wildman–Crippen LogP) is 4.37. The van der Waals surface area contributed by atoms with Crippen molar-refractivity contribution in [3.8, 4) is 11.3 Å². The van der Waals surface area contributed by atoms with Gasteiger partial charge < -0.3 is 15.0 Å². The number of nitrogens with two attached hydrogens (primary N) is 1. The molecule has 30 heavy (non-hydrogen) atoms. The van der Waals surface area contributed by atoms with Gasteiger partial charge >= 0.3 is 0 Å². The second-order valence-corrected chi connectivity index (χ2v) is 8.47. The number of methoxy groups -OCH3 is 1. The van der Waals surface area contributed by atoms with Crippen LogP contribution in [0.1, 0.15) is 38.1 Å². The fourth-order valence-corrected chi connectivity index (χ4v) is 3.76. The van der Waals surface area contributed by atoms with Gasteiger partial charge in [-0.2, -0.15) is 0 Å². The standard InChI is InChI=1S/C24H28FN3O2/c1-24(2,3)20(21(30-4)22(26)29)23-27-19(16-10-6-5-7-11-16)15-28(23)14-17-12-8-9-13-18(17)25/h5-13,15,20-21H,14H2,1-4H3,(H2,26,29)/t20-,21?/m0/s1. The number of nitrogens with zero attached hydrogens (tertiary/aromatic N) is 2. The Morgan fingerprint density at radius 2 is 1.77 bits per heavy atom. The highest BCUT2D eigenvalue weighted by Gasteiger charge is 2.40. The molecule has 0 aliphatic heterocycles. The van der Waals surface area contributed by atoms with Crippen LogP contribution in [-0.2, 0) is 16.1 Å². The zero-order valence-electron chi connectivity index (χ0n) is 17.8. The summed E-state index contributed by atoms with van der Waals surface area (Å²) in [6.45, 7) is 6.31. The number of hydrogen-bond acceptors (Lipinski definition) is 3. The first-order chi connectivity index (χ1) is 14.2. The number of ether oxygens (including phenoxy) is 1. The van der Waals surface area contributed by atoms with E-state index in [1.807, 2.05) is 61.9 Å². The maximum Gasteiger partial charge on any atom is 0.247 e. The molecule has 1 heterocycles. The number of benzene rings is 2. The lowest BCUT2D eigenvalue weighted by atomic mass is 9.76. The van der Waals surface area contributed by atoms with Crippen molar-refractivity contribution in [3.05, 3.63) is 78.0 Å². The minimum Gasteiger partial charge on any atom is -0.371 e. The number of primary amides is 1. The minimum absolute atomic E-state index is 0.281. The van der Waals surface area contributed by atoms with Crippen LogP contribution in [0.5, 0.6) is 0 Å². The molecule has 1 aromatic heterocycles. The minimum atomic E-state index is -0.865. The summed E-state index contributed by atoms with van der Waals surface area (Å²) >= 11 is 0. The van der Waals surface area contributed by atoms with Gasteiger partial charge in [-0.3, -0.25) is 4.79 Å². The SMILES string of the molecule is COC(C(N)=O)[C@@H](c1nc(-c2ccccc2)cn1Cc1ccccc1F)C(C)(C)C. The smallest absolute Gasteiger partial charge is 0.247 e. The molecular weight excluding hydrogens is 381 g/mol. The molecule has 1 unspecified atom stereocenters. The van der Waals surface area contributed by atoms with Gasteiger partial charge in [-0.05, 0) is 11.5 Å². The lowest BCUT2D eigenvalue weighted by Crippen LogP contribution is -2.42. The summed E-state index contributed by atoms with van der Waals surface area (Å²) < 4.78 is 21.8. The summed E-state index contributed by atoms with van der Waals surface area (Å²) in [6, 6.07) is 16.4. The first kappa shape index (κ1) is 21.7. The molecule has 3 aromatic rings. The third-order valence-corrected chi connectivity index (χ3v) is 5.22. The highest BCUT2D eigenvalue weighted by atomic mass is 19.1. The fourth-order valence-electron chi connectivity index (χ4n) is 3.76. The zero-order valence-corrected chi connectivity index (χ0v) is 17.8. The van der Waals surface area contributed by atoms with Crippen molar-refractivity contribution >= 4 is 5.91 Å². The van der Waals surface area contributed by atoms with Gasteiger partial charge in [0.25, 0.3) is 0 Å². The fraction of sp³-hybridized carbons (Fsp3) is 0.333. The van der Waals surface area contributed by atoms with Crippen molar-refractivity contribution in [3.63, 3.8) is 0 Å². The van der Waals surface area contributed by atoms with Crippen LogP contribution >= 0.6 is 0 Å². The van der Waals surface area contributed by atoms with Crippen LogP contribution in [0.2, 0.25) is 0 Å². The Kier molecular flexibility index (Phi) is 6.37. The lowest BCUT2D eigenvalue weighted by molar-refractivity contribution is -0.131. The number of halogens is 1. The molecule has 0 radical (unpaired) electrons. The predicted molar refractivity (Wildman–Crippen MR) is 115 cm³/mol. The van der Waals surface area contributed by atoms with Gasteiger partial charge in [-0.25, -0.2) is 9.37 Å². The van der Waals surface area contributed by atoms with Crippen LogP contribution in [0, 0.1) is 11.2 Å². The molecule has 0 spiro atoms. The van der Waals surface area contributed by atoms with E-state index in [9.17, 15) is 9.18 Å². The van der Waals surface area contributed by atoms with Gasteiger partial charge in [-0.1, -0.05) is 69.3 Å². The van der Waals surface area contributed by atoms with E-state index < -0.39 is 17.9 Å². The van der Waals surface area contributed by atoms with Gasteiger partial charge in [0, 0.05) is 24.4 Å². The summed E-state index contributed by atoms with van der Waals surface area (Å²) in [6.07, 6.45) is 1.03. The van der Waals surface area contributed by atoms with Crippen molar-refractivity contribution in [2.45, 2.75) is 39.3 Å². The van der Waals surface area contributed by atoms with Crippen LogP contribution < -0.4 is 5.73 Å². The quantitative estimate of drug-likeness (QED) is 0.630. The van der Waals surface area contributed by atoms with Crippen LogP contribution in [0.25, 0.3) is 11.3 Å². The third-order valence-electron chi connectivity index (χ3n) is 5.22. The molecule has 2 atom stereocenters. The van der Waals surface area contributed by atoms with Crippen LogP contribution in [0.4, 0.5) is 4.39 Å². The molecule has 3 rings (SSSR count). The molecule has 2 aromatic carbocycles. The van der Waals surface area contributed by atoms with Gasteiger partial charge in [0.2, 0.25) is 5.91 Å². The molecular formula is C24H28FN3O2. The van der Waals surface area contributed by atoms with Crippen molar-refractivity contribution in [1.29, 1.82) is 0 Å². The van der Waals surface area contributed by atoms with Crippen molar-refractivity contribution < 1.29 is 13.9 Å². The highest BCUT2D eigenvalue weighted by molar-refractivity contribution is 5.80. The number of carbonyl (C=O) groups is 1. The number of rotatable bonds is 7. The van der Waals surface area contributed by atoms with E-state index in [0.717, 1.165) is 11.3 Å². The Hall–Kier alpha value is -2.99. The average molecular weight is 410 g/mol. The molecule has 0 aliphatic rings. The van der Waals surface area contributed by atoms with Gasteiger partial charge in [-0.15, -0.1) is 0 Å². The van der Waals surface area contributed by atoms with Gasteiger partial charge in [0.1, 0.15) is 17.7 Å². The van der Waals surface area contributed by atoms with Gasteiger partial charge in [0.05, 0.1) is 18.2 Å². The molecule has 0 saturated heterocycles. The van der Waals surface area contributed by atoms with Crippen LogP contribution in [0.15, 0.2) is 60.8 Å². The number of hydrogen-bond donors (Lipinski definition) is 1. The van der Waals surface area contributed by atoms with E-state index in [2.05, 4.69) is 0 Å². The monoisotopic (exact) mass is 409 g/mol. The molecule has 0 saturated carbocycles. The second-order valence-electron chi connectivity index (χ2n) is 8.47. The lowest BCUT2D eigenvalue weighted by Gasteiger charge is -2.34. The molecule has 0 bridgehead atoms. The molecule has 158 valence electrons. The number of amides is 1. The summed E-state index contributed by atoms with van der Waals surface area (Å²) in [5, 5.41) is 0. The topological polar surface area (TPSA) is 70.1 Å². The summed E-state index contributed by atoms with van der Waals surface area (Å²) in [5.41, 5.74) is 7.50. The summed E-state index contributed by atoms with van der Waals surface area (Å²) in [4.78, 5) is 17.1. The van der Waals surface area contributed by atoms with E-state index in [4.69, 9.17) is 15.5 Å². The molecule has 6 heteroatoms. The van der Waals surface area contributed by atoms with Crippen LogP contribution in [-0.4, -0.2) is 28.7 Å². The van der Waals surface area contributed by atoms with E-state index >= 15 is 0 Å². The molecule has 5 nitrogen and oxygen atoms in total. The van der Waals surface area contributed by atoms with E-state index in [1.165, 1.54) is 13.2 Å². The summed E-state index contributed by atoms with van der Waals surface area (Å²) in [7, 11) is 1.47. The molecule has 2 N–H and O–H groups in total. The largest absolute Gasteiger partial charge is 0.371 e. The average Bonchev–Trinajstić information content (AvgIpc) is 3.10. The normalized spacial score (nSPS) is 13.8. The Labute approximate surface area is 176 Å². The van der Waals surface area contributed by atoms with E-state index in [1.54, 1.807) is 18.2 Å². The maximum absolute atomic E-state index is 14.4. The van der Waals surface area contributed by atoms with E-state index in [0.29, 0.717) is 11.4 Å². The molecule has 0 aliphatic carbocycles. The Morgan fingerprint density at radius 1 is 1.13 bits per heavy atom. The Bertz CT molecular complexity index is 1010. The Balaban J connectivity index is 2.18. The summed E-state index contributed by atoms with van der Waals surface area (Å²) in [5.74, 6) is -0.637. The number of imidazole rings is 1. The number of aromatic nitrogens is 2. The van der Waals surface area contributed by atoms with Crippen molar-refractivity contribution in [2.75, 3.05) is 7.11 Å². The highest BCUT2D eigenvalue weighted by Crippen LogP contribution is 2.39. The van der Waals surface area contributed by atoms with E-state index in [-0.39, 0.29) is 17.8 Å². The molecule has 1 amide bonds. The second kappa shape index (κ2) is 8.79. The first-order valence-electron chi connectivity index (χ1n) is 9.90. The Morgan fingerprint density at radius 3 is 2.33 bits per heavy atom. The molecule has 0 fully saturated rings. The zero-order chi connectivity index (χ0) is 21.9. The van der Waals surface area contributed by atoms with Crippen molar-refractivity contribution in [2.24, 2.45) is 11.1 Å².